The van der Waals surface area contributed by atoms with Gasteiger partial charge in [0.2, 0.25) is 0 Å². The van der Waals surface area contributed by atoms with E-state index < -0.39 is 5.97 Å². The fourth-order valence-corrected chi connectivity index (χ4v) is 1.87. The van der Waals surface area contributed by atoms with Crippen molar-refractivity contribution in [2.75, 3.05) is 19.8 Å². The van der Waals surface area contributed by atoms with Crippen LogP contribution in [0.1, 0.15) is 33.1 Å². The minimum absolute atomic E-state index is 0.147. The van der Waals surface area contributed by atoms with E-state index in [0.29, 0.717) is 0 Å². The predicted molar refractivity (Wildman–Crippen MR) is 48.2 cm³/mol. The van der Waals surface area contributed by atoms with Crippen molar-refractivity contribution in [2.24, 2.45) is 5.41 Å². The van der Waals surface area contributed by atoms with E-state index in [9.17, 15) is 0 Å². The fraction of sp³-hybridized carbons (Fsp3) is 1.00. The first-order chi connectivity index (χ1) is 6.18. The van der Waals surface area contributed by atoms with Gasteiger partial charge in [-0.2, -0.15) is 0 Å². The summed E-state index contributed by atoms with van der Waals surface area (Å²) < 4.78 is 16.6. The number of fused-ring (bicyclic) bond motifs is 3. The van der Waals surface area contributed by atoms with Gasteiger partial charge in [0.25, 0.3) is 5.97 Å². The van der Waals surface area contributed by atoms with Crippen molar-refractivity contribution in [3.63, 3.8) is 0 Å². The average molecular weight is 186 g/mol. The topological polar surface area (TPSA) is 27.7 Å². The van der Waals surface area contributed by atoms with Crippen LogP contribution in [0.3, 0.4) is 0 Å². The molecule has 0 radical (unpaired) electrons. The second kappa shape index (κ2) is 3.23. The first-order valence-corrected chi connectivity index (χ1v) is 5.10. The van der Waals surface area contributed by atoms with Gasteiger partial charge in [0, 0.05) is 12.3 Å². The second-order valence-electron chi connectivity index (χ2n) is 4.33. The third kappa shape index (κ3) is 1.73. The van der Waals surface area contributed by atoms with E-state index in [2.05, 4.69) is 6.92 Å². The Morgan fingerprint density at radius 2 is 1.62 bits per heavy atom. The maximum absolute atomic E-state index is 5.52. The van der Waals surface area contributed by atoms with Crippen LogP contribution in [0.5, 0.6) is 0 Å². The van der Waals surface area contributed by atoms with E-state index in [1.807, 2.05) is 6.92 Å². The van der Waals surface area contributed by atoms with E-state index in [1.54, 1.807) is 0 Å². The lowest BCUT2D eigenvalue weighted by molar-refractivity contribution is -0.460. The average Bonchev–Trinajstić information content (AvgIpc) is 2.18. The van der Waals surface area contributed by atoms with Gasteiger partial charge >= 0.3 is 0 Å². The number of hydrogen-bond acceptors (Lipinski definition) is 3. The molecular weight excluding hydrogens is 168 g/mol. The normalized spacial score (nSPS) is 43.8. The van der Waals surface area contributed by atoms with E-state index in [-0.39, 0.29) is 5.41 Å². The highest BCUT2D eigenvalue weighted by Crippen LogP contribution is 2.40. The monoisotopic (exact) mass is 186 g/mol. The smallest absolute Gasteiger partial charge is 0.279 e. The Bertz CT molecular complexity index is 160. The molecule has 0 atom stereocenters. The van der Waals surface area contributed by atoms with E-state index in [1.165, 1.54) is 12.8 Å². The summed E-state index contributed by atoms with van der Waals surface area (Å²) in [6.07, 6.45) is 3.60. The fourth-order valence-electron chi connectivity index (χ4n) is 1.87. The Hall–Kier alpha value is -0.120. The van der Waals surface area contributed by atoms with Gasteiger partial charge in [-0.3, -0.25) is 0 Å². The molecule has 0 N–H and O–H groups in total. The Morgan fingerprint density at radius 3 is 2.08 bits per heavy atom. The van der Waals surface area contributed by atoms with Crippen LogP contribution in [0.4, 0.5) is 0 Å². The molecule has 2 bridgehead atoms. The van der Waals surface area contributed by atoms with Gasteiger partial charge in [-0.15, -0.1) is 0 Å². The third-order valence-corrected chi connectivity index (χ3v) is 2.98. The van der Waals surface area contributed by atoms with E-state index in [4.69, 9.17) is 14.2 Å². The minimum Gasteiger partial charge on any atom is -0.327 e. The number of rotatable bonds is 3. The largest absolute Gasteiger partial charge is 0.327 e. The van der Waals surface area contributed by atoms with Crippen LogP contribution in [0.2, 0.25) is 0 Å². The van der Waals surface area contributed by atoms with Crippen LogP contribution in [0.25, 0.3) is 0 Å². The molecule has 3 heterocycles. The predicted octanol–water partition coefficient (Wildman–Crippen LogP) is 1.91. The van der Waals surface area contributed by atoms with E-state index >= 15 is 0 Å². The molecule has 0 aromatic rings. The Kier molecular flexibility index (Phi) is 2.34. The Balaban J connectivity index is 1.95. The molecule has 3 rings (SSSR count). The van der Waals surface area contributed by atoms with Crippen LogP contribution >= 0.6 is 0 Å². The standard InChI is InChI=1S/C10H18O3/c1-3-4-5-10-6-11-9(2,12-7-10)13-8-10/h3-8H2,1-2H3. The molecule has 3 aliphatic heterocycles. The highest BCUT2D eigenvalue weighted by Gasteiger charge is 2.49. The SMILES string of the molecule is CCCCC12COC(C)(OC1)OC2. The van der Waals surface area contributed by atoms with Crippen molar-refractivity contribution in [2.45, 2.75) is 39.1 Å². The Morgan fingerprint density at radius 1 is 1.08 bits per heavy atom. The van der Waals surface area contributed by atoms with Crippen molar-refractivity contribution in [1.29, 1.82) is 0 Å². The summed E-state index contributed by atoms with van der Waals surface area (Å²) in [6, 6.07) is 0. The molecule has 0 aromatic heterocycles. The molecule has 0 amide bonds. The van der Waals surface area contributed by atoms with Crippen LogP contribution in [-0.4, -0.2) is 25.8 Å². The minimum atomic E-state index is -0.742. The molecule has 3 saturated heterocycles. The molecule has 13 heavy (non-hydrogen) atoms. The van der Waals surface area contributed by atoms with Crippen molar-refractivity contribution >= 4 is 0 Å². The molecule has 3 nitrogen and oxygen atoms in total. The summed E-state index contributed by atoms with van der Waals surface area (Å²) in [4.78, 5) is 0. The zero-order valence-electron chi connectivity index (χ0n) is 8.47. The molecule has 3 fully saturated rings. The molecule has 0 spiro atoms. The lowest BCUT2D eigenvalue weighted by Gasteiger charge is -2.50. The molecule has 0 unspecified atom stereocenters. The van der Waals surface area contributed by atoms with Crippen LogP contribution in [0.15, 0.2) is 0 Å². The van der Waals surface area contributed by atoms with Gasteiger partial charge in [-0.1, -0.05) is 19.8 Å². The van der Waals surface area contributed by atoms with Gasteiger partial charge in [0.05, 0.1) is 19.8 Å². The lowest BCUT2D eigenvalue weighted by Crippen LogP contribution is -2.58. The lowest BCUT2D eigenvalue weighted by atomic mass is 9.83. The Labute approximate surface area is 79.4 Å². The van der Waals surface area contributed by atoms with Crippen molar-refractivity contribution in [3.8, 4) is 0 Å². The summed E-state index contributed by atoms with van der Waals surface area (Å²) in [5, 5.41) is 0. The van der Waals surface area contributed by atoms with Crippen molar-refractivity contribution in [3.05, 3.63) is 0 Å². The quantitative estimate of drug-likeness (QED) is 0.674. The maximum atomic E-state index is 5.52. The zero-order chi connectivity index (χ0) is 9.36. The highest BCUT2D eigenvalue weighted by molar-refractivity contribution is 4.86. The molecule has 3 heteroatoms. The molecule has 0 aliphatic carbocycles. The van der Waals surface area contributed by atoms with Crippen molar-refractivity contribution in [1.82, 2.24) is 0 Å². The molecule has 3 aliphatic rings. The molecule has 76 valence electrons. The summed E-state index contributed by atoms with van der Waals surface area (Å²) in [5.41, 5.74) is 0.147. The number of unbranched alkanes of at least 4 members (excludes halogenated alkanes) is 1. The highest BCUT2D eigenvalue weighted by atomic mass is 16.9. The van der Waals surface area contributed by atoms with Crippen LogP contribution < -0.4 is 0 Å². The number of hydrogen-bond donors (Lipinski definition) is 0. The third-order valence-electron chi connectivity index (χ3n) is 2.98. The zero-order valence-corrected chi connectivity index (χ0v) is 8.47. The van der Waals surface area contributed by atoms with Crippen molar-refractivity contribution < 1.29 is 14.2 Å². The van der Waals surface area contributed by atoms with Gasteiger partial charge in [-0.25, -0.2) is 0 Å². The second-order valence-corrected chi connectivity index (χ2v) is 4.33. The summed E-state index contributed by atoms with van der Waals surface area (Å²) in [7, 11) is 0. The summed E-state index contributed by atoms with van der Waals surface area (Å²) in [5.74, 6) is -0.742. The molecule has 0 aromatic carbocycles. The number of ether oxygens (including phenoxy) is 3. The first-order valence-electron chi connectivity index (χ1n) is 5.10. The van der Waals surface area contributed by atoms with Gasteiger partial charge < -0.3 is 14.2 Å². The summed E-state index contributed by atoms with van der Waals surface area (Å²) in [6.45, 7) is 6.43. The summed E-state index contributed by atoms with van der Waals surface area (Å²) >= 11 is 0. The van der Waals surface area contributed by atoms with Crippen LogP contribution in [0, 0.1) is 5.41 Å². The van der Waals surface area contributed by atoms with Gasteiger partial charge in [0.1, 0.15) is 0 Å². The molecular formula is C10H18O3. The van der Waals surface area contributed by atoms with Gasteiger partial charge in [0.15, 0.2) is 0 Å². The van der Waals surface area contributed by atoms with Crippen LogP contribution in [-0.2, 0) is 14.2 Å². The molecule has 0 saturated carbocycles. The van der Waals surface area contributed by atoms with E-state index in [0.717, 1.165) is 26.2 Å². The first kappa shape index (κ1) is 9.44. The van der Waals surface area contributed by atoms with Gasteiger partial charge in [-0.05, 0) is 6.42 Å². The maximum Gasteiger partial charge on any atom is 0.279 e.